The van der Waals surface area contributed by atoms with Gasteiger partial charge in [-0.25, -0.2) is 4.98 Å². The number of aromatic nitrogens is 1. The lowest BCUT2D eigenvalue weighted by Crippen LogP contribution is -2.35. The first-order chi connectivity index (χ1) is 9.20. The van der Waals surface area contributed by atoms with Crippen molar-refractivity contribution in [2.75, 3.05) is 18.9 Å². The average molecular weight is 261 g/mol. The minimum atomic E-state index is 0.718. The van der Waals surface area contributed by atoms with Crippen molar-refractivity contribution in [3.05, 3.63) is 23.9 Å². The van der Waals surface area contributed by atoms with Crippen LogP contribution >= 0.6 is 0 Å². The molecule has 1 aliphatic rings. The van der Waals surface area contributed by atoms with Crippen molar-refractivity contribution in [3.8, 4) is 0 Å². The molecule has 19 heavy (non-hydrogen) atoms. The van der Waals surface area contributed by atoms with E-state index in [1.54, 1.807) is 0 Å². The quantitative estimate of drug-likeness (QED) is 0.849. The van der Waals surface area contributed by atoms with E-state index >= 15 is 0 Å². The smallest absolute Gasteiger partial charge is 0.130 e. The summed E-state index contributed by atoms with van der Waals surface area (Å²) in [6.45, 7) is 6.82. The maximum absolute atomic E-state index is 4.42. The number of pyridine rings is 1. The molecule has 0 unspecified atom stereocenters. The van der Waals surface area contributed by atoms with E-state index in [4.69, 9.17) is 0 Å². The predicted molar refractivity (Wildman–Crippen MR) is 81.3 cm³/mol. The zero-order chi connectivity index (χ0) is 13.7. The molecule has 1 aromatic heterocycles. The lowest BCUT2D eigenvalue weighted by Gasteiger charge is -2.30. The first-order valence-corrected chi connectivity index (χ1v) is 7.56. The van der Waals surface area contributed by atoms with Gasteiger partial charge in [-0.1, -0.05) is 32.8 Å². The number of rotatable bonds is 6. The van der Waals surface area contributed by atoms with E-state index in [9.17, 15) is 0 Å². The topological polar surface area (TPSA) is 28.2 Å². The Hall–Kier alpha value is -1.09. The van der Waals surface area contributed by atoms with Gasteiger partial charge in [0.15, 0.2) is 0 Å². The Morgan fingerprint density at radius 1 is 1.37 bits per heavy atom. The number of anilines is 1. The van der Waals surface area contributed by atoms with Crippen molar-refractivity contribution in [1.82, 2.24) is 9.88 Å². The van der Waals surface area contributed by atoms with Gasteiger partial charge < -0.3 is 5.32 Å². The van der Waals surface area contributed by atoms with E-state index in [1.807, 2.05) is 19.3 Å². The van der Waals surface area contributed by atoms with Gasteiger partial charge in [0.1, 0.15) is 5.82 Å². The molecule has 0 spiro atoms. The second-order valence-corrected chi connectivity index (χ2v) is 6.02. The molecule has 106 valence electrons. The molecule has 0 bridgehead atoms. The second-order valence-electron chi connectivity index (χ2n) is 6.02. The molecule has 0 aliphatic heterocycles. The first kappa shape index (κ1) is 14.3. The Bertz CT molecular complexity index is 383. The molecule has 0 aromatic carbocycles. The van der Waals surface area contributed by atoms with Crippen LogP contribution in [0.3, 0.4) is 0 Å². The maximum atomic E-state index is 4.42. The Morgan fingerprint density at radius 2 is 2.11 bits per heavy atom. The monoisotopic (exact) mass is 261 g/mol. The highest BCUT2D eigenvalue weighted by Gasteiger charge is 2.23. The molecule has 0 atom stereocenters. The molecule has 0 amide bonds. The molecule has 1 aliphatic carbocycles. The number of hydrogen-bond donors (Lipinski definition) is 1. The first-order valence-electron chi connectivity index (χ1n) is 7.56. The molecule has 3 nitrogen and oxygen atoms in total. The van der Waals surface area contributed by atoms with Gasteiger partial charge in [0.25, 0.3) is 0 Å². The van der Waals surface area contributed by atoms with E-state index in [-0.39, 0.29) is 0 Å². The second kappa shape index (κ2) is 6.90. The number of nitrogens with zero attached hydrogens (tertiary/aromatic N) is 2. The van der Waals surface area contributed by atoms with E-state index in [2.05, 4.69) is 35.1 Å². The van der Waals surface area contributed by atoms with Crippen LogP contribution in [0.15, 0.2) is 18.3 Å². The maximum Gasteiger partial charge on any atom is 0.130 e. The molecular formula is C16H27N3. The van der Waals surface area contributed by atoms with Crippen LogP contribution in [0.2, 0.25) is 0 Å². The lowest BCUT2D eigenvalue weighted by molar-refractivity contribution is 0.169. The van der Waals surface area contributed by atoms with Crippen LogP contribution in [-0.2, 0) is 6.54 Å². The van der Waals surface area contributed by atoms with Gasteiger partial charge in [-0.05, 0) is 24.8 Å². The van der Waals surface area contributed by atoms with E-state index in [0.29, 0.717) is 0 Å². The summed E-state index contributed by atoms with van der Waals surface area (Å²) in [7, 11) is 1.95. The van der Waals surface area contributed by atoms with Crippen LogP contribution in [0.1, 0.15) is 45.1 Å². The van der Waals surface area contributed by atoms with Gasteiger partial charge in [-0.3, -0.25) is 4.90 Å². The normalized spacial score (nSPS) is 16.5. The molecule has 3 heteroatoms. The summed E-state index contributed by atoms with van der Waals surface area (Å²) in [6.07, 6.45) is 7.37. The SMILES string of the molecule is CNc1ncccc1CN(CC(C)C)C1CCCC1. The van der Waals surface area contributed by atoms with Crippen molar-refractivity contribution in [2.45, 2.75) is 52.1 Å². The van der Waals surface area contributed by atoms with E-state index in [1.165, 1.54) is 37.8 Å². The minimum absolute atomic E-state index is 0.718. The van der Waals surface area contributed by atoms with Gasteiger partial charge in [0.05, 0.1) is 0 Å². The van der Waals surface area contributed by atoms with Crippen molar-refractivity contribution in [3.63, 3.8) is 0 Å². The summed E-state index contributed by atoms with van der Waals surface area (Å²) >= 11 is 0. The van der Waals surface area contributed by atoms with Gasteiger partial charge in [0, 0.05) is 37.9 Å². The van der Waals surface area contributed by atoms with Crippen molar-refractivity contribution in [2.24, 2.45) is 5.92 Å². The van der Waals surface area contributed by atoms with Gasteiger partial charge in [-0.2, -0.15) is 0 Å². The third kappa shape index (κ3) is 3.93. The summed E-state index contributed by atoms with van der Waals surface area (Å²) in [6, 6.07) is 5.01. The minimum Gasteiger partial charge on any atom is -0.373 e. The van der Waals surface area contributed by atoms with E-state index in [0.717, 1.165) is 24.3 Å². The lowest BCUT2D eigenvalue weighted by atomic mass is 10.1. The Labute approximate surface area is 117 Å². The zero-order valence-corrected chi connectivity index (χ0v) is 12.5. The zero-order valence-electron chi connectivity index (χ0n) is 12.5. The Kier molecular flexibility index (Phi) is 5.20. The predicted octanol–water partition coefficient (Wildman–Crippen LogP) is 3.52. The highest BCUT2D eigenvalue weighted by Crippen LogP contribution is 2.26. The molecule has 1 fully saturated rings. The van der Waals surface area contributed by atoms with Gasteiger partial charge >= 0.3 is 0 Å². The average Bonchev–Trinajstić information content (AvgIpc) is 2.92. The summed E-state index contributed by atoms with van der Waals surface area (Å²) in [5.41, 5.74) is 1.32. The number of nitrogens with one attached hydrogen (secondary N) is 1. The molecular weight excluding hydrogens is 234 g/mol. The van der Waals surface area contributed by atoms with Crippen molar-refractivity contribution < 1.29 is 0 Å². The molecule has 0 radical (unpaired) electrons. The molecule has 0 saturated heterocycles. The number of hydrogen-bond acceptors (Lipinski definition) is 3. The van der Waals surface area contributed by atoms with Crippen LogP contribution in [0.4, 0.5) is 5.82 Å². The molecule has 1 saturated carbocycles. The van der Waals surface area contributed by atoms with Crippen LogP contribution in [0.5, 0.6) is 0 Å². The fraction of sp³-hybridized carbons (Fsp3) is 0.688. The van der Waals surface area contributed by atoms with Crippen LogP contribution in [0.25, 0.3) is 0 Å². The fourth-order valence-corrected chi connectivity index (χ4v) is 3.09. The van der Waals surface area contributed by atoms with Crippen LogP contribution in [-0.4, -0.2) is 29.5 Å². The summed E-state index contributed by atoms with van der Waals surface area (Å²) in [5, 5.41) is 3.21. The fourth-order valence-electron chi connectivity index (χ4n) is 3.09. The summed E-state index contributed by atoms with van der Waals surface area (Å²) in [5.74, 6) is 1.74. The summed E-state index contributed by atoms with van der Waals surface area (Å²) < 4.78 is 0. The molecule has 2 rings (SSSR count). The van der Waals surface area contributed by atoms with Gasteiger partial charge in [0.2, 0.25) is 0 Å². The highest BCUT2D eigenvalue weighted by molar-refractivity contribution is 5.42. The van der Waals surface area contributed by atoms with Crippen LogP contribution in [0, 0.1) is 5.92 Å². The third-order valence-electron chi connectivity index (χ3n) is 3.94. The Morgan fingerprint density at radius 3 is 2.74 bits per heavy atom. The molecule has 1 heterocycles. The standard InChI is InChI=1S/C16H27N3/c1-13(2)11-19(15-8-4-5-9-15)12-14-7-6-10-18-16(14)17-3/h6-7,10,13,15H,4-5,8-9,11-12H2,1-3H3,(H,17,18). The molecule has 1 aromatic rings. The summed E-state index contributed by atoms with van der Waals surface area (Å²) in [4.78, 5) is 7.08. The van der Waals surface area contributed by atoms with Crippen LogP contribution < -0.4 is 5.32 Å². The van der Waals surface area contributed by atoms with Gasteiger partial charge in [-0.15, -0.1) is 0 Å². The third-order valence-corrected chi connectivity index (χ3v) is 3.94. The largest absolute Gasteiger partial charge is 0.373 e. The van der Waals surface area contributed by atoms with Crippen molar-refractivity contribution >= 4 is 5.82 Å². The van der Waals surface area contributed by atoms with E-state index < -0.39 is 0 Å². The highest BCUT2D eigenvalue weighted by atomic mass is 15.2. The molecule has 1 N–H and O–H groups in total. The van der Waals surface area contributed by atoms with Crippen molar-refractivity contribution in [1.29, 1.82) is 0 Å². The Balaban J connectivity index is 2.09.